The quantitative estimate of drug-likeness (QED) is 0.496. The zero-order valence-corrected chi connectivity index (χ0v) is 8.81. The molecule has 0 spiro atoms. The molecule has 0 aromatic heterocycles. The topological polar surface area (TPSA) is 53.1 Å². The molecule has 0 aromatic carbocycles. The van der Waals surface area contributed by atoms with E-state index in [0.717, 1.165) is 6.54 Å². The summed E-state index contributed by atoms with van der Waals surface area (Å²) in [4.78, 5) is 2.10. The Balaban J connectivity index is 4.04. The molecule has 1 unspecified atom stereocenters. The van der Waals surface area contributed by atoms with Crippen molar-refractivity contribution in [3.63, 3.8) is 0 Å². The Morgan fingerprint density at radius 3 is 2.17 bits per heavy atom. The number of nitrogens with one attached hydrogen (secondary N) is 1. The third kappa shape index (κ3) is 4.34. The molecule has 0 radical (unpaired) electrons. The molecule has 3 N–H and O–H groups in total. The Labute approximate surface area is 75.4 Å². The van der Waals surface area contributed by atoms with Crippen molar-refractivity contribution in [3.8, 4) is 0 Å². The van der Waals surface area contributed by atoms with Crippen molar-refractivity contribution in [3.05, 3.63) is 0 Å². The normalized spacial score (nSPS) is 14.8. The standard InChI is InChI=1S/C9H21N3/c1-7(8(10)11)12(5)6-9(2,3)4/h7H,6H2,1-5H3,(H3,10,11). The molecule has 0 saturated carbocycles. The van der Waals surface area contributed by atoms with Gasteiger partial charge in [0.15, 0.2) is 0 Å². The van der Waals surface area contributed by atoms with E-state index < -0.39 is 0 Å². The van der Waals surface area contributed by atoms with E-state index in [4.69, 9.17) is 11.1 Å². The van der Waals surface area contributed by atoms with E-state index in [9.17, 15) is 0 Å². The van der Waals surface area contributed by atoms with Crippen LogP contribution in [0.2, 0.25) is 0 Å². The first kappa shape index (κ1) is 11.4. The SMILES string of the molecule is CC(C(=N)N)N(C)CC(C)(C)C. The number of likely N-dealkylation sites (N-methyl/N-ethyl adjacent to an activating group) is 1. The van der Waals surface area contributed by atoms with Crippen molar-refractivity contribution in [2.45, 2.75) is 33.7 Å². The van der Waals surface area contributed by atoms with Gasteiger partial charge in [0.2, 0.25) is 0 Å². The van der Waals surface area contributed by atoms with Crippen LogP contribution in [0.4, 0.5) is 0 Å². The predicted octanol–water partition coefficient (Wildman–Crippen LogP) is 1.29. The maximum Gasteiger partial charge on any atom is 0.108 e. The lowest BCUT2D eigenvalue weighted by Gasteiger charge is -2.30. The molecular formula is C9H21N3. The molecule has 0 amide bonds. The van der Waals surface area contributed by atoms with Gasteiger partial charge in [-0.15, -0.1) is 0 Å². The number of nitrogens with two attached hydrogens (primary N) is 1. The Bertz CT molecular complexity index is 158. The van der Waals surface area contributed by atoms with Crippen molar-refractivity contribution in [2.75, 3.05) is 13.6 Å². The van der Waals surface area contributed by atoms with Gasteiger partial charge in [0.1, 0.15) is 5.84 Å². The van der Waals surface area contributed by atoms with E-state index in [1.165, 1.54) is 0 Å². The molecule has 1 atom stereocenters. The summed E-state index contributed by atoms with van der Waals surface area (Å²) in [6.45, 7) is 9.44. The molecule has 0 aliphatic carbocycles. The molecule has 0 fully saturated rings. The van der Waals surface area contributed by atoms with Crippen molar-refractivity contribution < 1.29 is 0 Å². The van der Waals surface area contributed by atoms with E-state index in [1.807, 2.05) is 14.0 Å². The second-order valence-electron chi connectivity index (χ2n) is 4.61. The molecule has 0 bridgehead atoms. The number of rotatable bonds is 3. The number of hydrogen-bond acceptors (Lipinski definition) is 2. The molecule has 72 valence electrons. The first-order chi connectivity index (χ1) is 5.24. The van der Waals surface area contributed by atoms with E-state index in [1.54, 1.807) is 0 Å². The fraction of sp³-hybridized carbons (Fsp3) is 0.889. The van der Waals surface area contributed by atoms with Gasteiger partial charge in [-0.25, -0.2) is 0 Å². The average Bonchev–Trinajstić information content (AvgIpc) is 1.82. The Kier molecular flexibility index (Phi) is 3.71. The van der Waals surface area contributed by atoms with Gasteiger partial charge in [0, 0.05) is 6.54 Å². The summed E-state index contributed by atoms with van der Waals surface area (Å²) in [5.74, 6) is 0.238. The van der Waals surface area contributed by atoms with Crippen LogP contribution in [-0.2, 0) is 0 Å². The van der Waals surface area contributed by atoms with Crippen molar-refractivity contribution in [1.82, 2.24) is 4.90 Å². The summed E-state index contributed by atoms with van der Waals surface area (Å²) < 4.78 is 0. The second kappa shape index (κ2) is 3.90. The summed E-state index contributed by atoms with van der Waals surface area (Å²) in [7, 11) is 2.00. The molecule has 3 heteroatoms. The summed E-state index contributed by atoms with van der Waals surface area (Å²) >= 11 is 0. The van der Waals surface area contributed by atoms with Gasteiger partial charge in [0.05, 0.1) is 6.04 Å². The third-order valence-corrected chi connectivity index (χ3v) is 1.83. The zero-order chi connectivity index (χ0) is 9.94. The first-order valence-corrected chi connectivity index (χ1v) is 4.28. The molecule has 0 aromatic rings. The molecule has 0 rings (SSSR count). The highest BCUT2D eigenvalue weighted by atomic mass is 15.1. The average molecular weight is 171 g/mol. The van der Waals surface area contributed by atoms with Crippen LogP contribution >= 0.6 is 0 Å². The summed E-state index contributed by atoms with van der Waals surface area (Å²) in [6, 6.07) is 0.0456. The molecule has 12 heavy (non-hydrogen) atoms. The van der Waals surface area contributed by atoms with E-state index >= 15 is 0 Å². The maximum atomic E-state index is 7.27. The van der Waals surface area contributed by atoms with Gasteiger partial charge < -0.3 is 5.73 Å². The van der Waals surface area contributed by atoms with Crippen LogP contribution in [0.1, 0.15) is 27.7 Å². The highest BCUT2D eigenvalue weighted by Crippen LogP contribution is 2.15. The molecule has 0 aliphatic rings. The fourth-order valence-corrected chi connectivity index (χ4v) is 1.12. The van der Waals surface area contributed by atoms with Crippen LogP contribution in [0.25, 0.3) is 0 Å². The monoisotopic (exact) mass is 171 g/mol. The number of nitrogens with zero attached hydrogens (tertiary/aromatic N) is 1. The Hall–Kier alpha value is -0.570. The van der Waals surface area contributed by atoms with Crippen molar-refractivity contribution >= 4 is 5.84 Å². The second-order valence-corrected chi connectivity index (χ2v) is 4.61. The molecule has 0 aliphatic heterocycles. The van der Waals surface area contributed by atoms with Gasteiger partial charge in [-0.2, -0.15) is 0 Å². The number of hydrogen-bond donors (Lipinski definition) is 2. The van der Waals surface area contributed by atoms with Crippen LogP contribution in [0.3, 0.4) is 0 Å². The lowest BCUT2D eigenvalue weighted by atomic mass is 9.95. The lowest BCUT2D eigenvalue weighted by Crippen LogP contribution is -2.43. The minimum atomic E-state index is 0.0456. The van der Waals surface area contributed by atoms with Gasteiger partial charge in [-0.05, 0) is 19.4 Å². The van der Waals surface area contributed by atoms with Crippen molar-refractivity contribution in [2.24, 2.45) is 11.1 Å². The minimum absolute atomic E-state index is 0.0456. The Morgan fingerprint density at radius 1 is 1.50 bits per heavy atom. The van der Waals surface area contributed by atoms with Crippen LogP contribution < -0.4 is 5.73 Å². The van der Waals surface area contributed by atoms with Crippen LogP contribution in [0.15, 0.2) is 0 Å². The minimum Gasteiger partial charge on any atom is -0.386 e. The first-order valence-electron chi connectivity index (χ1n) is 4.28. The Morgan fingerprint density at radius 2 is 1.92 bits per heavy atom. The van der Waals surface area contributed by atoms with Gasteiger partial charge in [0.25, 0.3) is 0 Å². The highest BCUT2D eigenvalue weighted by molar-refractivity contribution is 5.82. The van der Waals surface area contributed by atoms with Crippen LogP contribution in [0, 0.1) is 10.8 Å². The van der Waals surface area contributed by atoms with Gasteiger partial charge in [-0.1, -0.05) is 20.8 Å². The fourth-order valence-electron chi connectivity index (χ4n) is 1.12. The van der Waals surface area contributed by atoms with Gasteiger partial charge >= 0.3 is 0 Å². The van der Waals surface area contributed by atoms with E-state index in [2.05, 4.69) is 25.7 Å². The maximum absolute atomic E-state index is 7.27. The molecule has 3 nitrogen and oxygen atoms in total. The van der Waals surface area contributed by atoms with E-state index in [0.29, 0.717) is 0 Å². The van der Waals surface area contributed by atoms with Crippen LogP contribution in [0.5, 0.6) is 0 Å². The van der Waals surface area contributed by atoms with Crippen LogP contribution in [-0.4, -0.2) is 30.4 Å². The largest absolute Gasteiger partial charge is 0.386 e. The highest BCUT2D eigenvalue weighted by Gasteiger charge is 2.18. The zero-order valence-electron chi connectivity index (χ0n) is 8.81. The lowest BCUT2D eigenvalue weighted by molar-refractivity contribution is 0.212. The molecule has 0 heterocycles. The van der Waals surface area contributed by atoms with Gasteiger partial charge in [-0.3, -0.25) is 10.3 Å². The summed E-state index contributed by atoms with van der Waals surface area (Å²) in [5.41, 5.74) is 5.66. The predicted molar refractivity (Wildman–Crippen MR) is 53.5 cm³/mol. The summed E-state index contributed by atoms with van der Waals surface area (Å²) in [6.07, 6.45) is 0. The third-order valence-electron chi connectivity index (χ3n) is 1.83. The van der Waals surface area contributed by atoms with E-state index in [-0.39, 0.29) is 17.3 Å². The molecule has 0 saturated heterocycles. The van der Waals surface area contributed by atoms with Crippen molar-refractivity contribution in [1.29, 1.82) is 5.41 Å². The molecular weight excluding hydrogens is 150 g/mol. The smallest absolute Gasteiger partial charge is 0.108 e. The number of amidine groups is 1. The summed E-state index contributed by atoms with van der Waals surface area (Å²) in [5, 5.41) is 7.27.